The molecule has 56 heavy (non-hydrogen) atoms. The molecule has 9 aromatic rings. The topological polar surface area (TPSA) is 12.5 Å². The number of anilines is 3. The number of rotatable bonds is 7. The highest BCUT2D eigenvalue weighted by Crippen LogP contribution is 2.56. The van der Waals surface area contributed by atoms with E-state index in [1.165, 1.54) is 16.7 Å². The molecular formula is C54H37NO. The Morgan fingerprint density at radius 2 is 0.750 bits per heavy atom. The number of benzene rings is 9. The van der Waals surface area contributed by atoms with Crippen LogP contribution < -0.4 is 9.64 Å². The standard InChI is InChI=1S/C54H37NO/c1-5-17-38(18-6-1)40-33-35-44(36-34-40)55(45-26-13-25-43(37-45)39-19-7-2-8-20-39)50-31-15-30-49-52-46(41-21-9-3-10-22-41)27-14-29-48(52)53-47(42-23-11-4-12-24-42)28-16-32-51(53)56-54(49)50/h1-37H. The van der Waals surface area contributed by atoms with Gasteiger partial charge in [-0.2, -0.15) is 0 Å². The lowest BCUT2D eigenvalue weighted by Crippen LogP contribution is -2.11. The average molecular weight is 716 g/mol. The summed E-state index contributed by atoms with van der Waals surface area (Å²) in [6, 6.07) is 79.8. The summed E-state index contributed by atoms with van der Waals surface area (Å²) in [6.45, 7) is 0. The van der Waals surface area contributed by atoms with Gasteiger partial charge in [-0.1, -0.05) is 188 Å². The van der Waals surface area contributed by atoms with Crippen LogP contribution in [0.5, 0.6) is 11.5 Å². The Hall–Kier alpha value is -7.42. The Kier molecular flexibility index (Phi) is 8.55. The molecule has 1 aliphatic heterocycles. The molecule has 10 rings (SSSR count). The minimum Gasteiger partial charge on any atom is -0.454 e. The molecule has 0 aromatic heterocycles. The monoisotopic (exact) mass is 715 g/mol. The van der Waals surface area contributed by atoms with Gasteiger partial charge in [0.1, 0.15) is 5.75 Å². The summed E-state index contributed by atoms with van der Waals surface area (Å²) in [6.07, 6.45) is 0. The lowest BCUT2D eigenvalue weighted by molar-refractivity contribution is 0.489. The molecule has 264 valence electrons. The fourth-order valence-electron chi connectivity index (χ4n) is 8.09. The Morgan fingerprint density at radius 1 is 0.286 bits per heavy atom. The predicted molar refractivity (Wildman–Crippen MR) is 234 cm³/mol. The molecule has 1 heterocycles. The zero-order valence-corrected chi connectivity index (χ0v) is 30.7. The van der Waals surface area contributed by atoms with Gasteiger partial charge >= 0.3 is 0 Å². The molecule has 0 saturated carbocycles. The zero-order valence-electron chi connectivity index (χ0n) is 30.7. The van der Waals surface area contributed by atoms with Crippen LogP contribution in [0, 0.1) is 0 Å². The third-order valence-corrected chi connectivity index (χ3v) is 10.7. The van der Waals surface area contributed by atoms with Gasteiger partial charge in [-0.05, 0) is 86.5 Å². The Labute approximate surface area is 328 Å². The summed E-state index contributed by atoms with van der Waals surface area (Å²) in [7, 11) is 0. The summed E-state index contributed by atoms with van der Waals surface area (Å²) in [5.74, 6) is 1.62. The van der Waals surface area contributed by atoms with E-state index in [9.17, 15) is 0 Å². The van der Waals surface area contributed by atoms with Crippen molar-refractivity contribution in [1.82, 2.24) is 0 Å². The van der Waals surface area contributed by atoms with Gasteiger partial charge in [-0.15, -0.1) is 0 Å². The van der Waals surface area contributed by atoms with Gasteiger partial charge in [0.15, 0.2) is 5.75 Å². The van der Waals surface area contributed by atoms with Gasteiger partial charge in [-0.3, -0.25) is 0 Å². The van der Waals surface area contributed by atoms with Crippen LogP contribution in [0.3, 0.4) is 0 Å². The molecule has 0 aliphatic carbocycles. The van der Waals surface area contributed by atoms with Crippen molar-refractivity contribution in [2.75, 3.05) is 4.90 Å². The predicted octanol–water partition coefficient (Wildman–Crippen LogP) is 15.3. The third-order valence-electron chi connectivity index (χ3n) is 10.7. The largest absolute Gasteiger partial charge is 0.454 e. The second-order valence-electron chi connectivity index (χ2n) is 14.1. The summed E-state index contributed by atoms with van der Waals surface area (Å²) in [5, 5.41) is 0. The van der Waals surface area contributed by atoms with Crippen LogP contribution in [0.2, 0.25) is 0 Å². The molecule has 0 radical (unpaired) electrons. The van der Waals surface area contributed by atoms with E-state index in [0.29, 0.717) is 0 Å². The molecule has 2 nitrogen and oxygen atoms in total. The molecule has 1 aliphatic rings. The van der Waals surface area contributed by atoms with Crippen LogP contribution in [-0.4, -0.2) is 0 Å². The number of ether oxygens (including phenoxy) is 1. The van der Waals surface area contributed by atoms with Crippen LogP contribution in [0.25, 0.3) is 66.8 Å². The molecule has 0 fully saturated rings. The van der Waals surface area contributed by atoms with Crippen molar-refractivity contribution in [3.05, 3.63) is 224 Å². The lowest BCUT2D eigenvalue weighted by atomic mass is 9.85. The SMILES string of the molecule is c1ccc(-c2ccc(N(c3cccc(-c4ccccc4)c3)c3cccc4c3Oc3cccc(-c5ccccc5)c3-c3cccc(-c5ccccc5)c3-4)cc2)cc1. The van der Waals surface area contributed by atoms with E-state index < -0.39 is 0 Å². The minimum absolute atomic E-state index is 0.804. The average Bonchev–Trinajstić information content (AvgIpc) is 3.43. The number of nitrogens with zero attached hydrogens (tertiary/aromatic N) is 1. The zero-order chi connectivity index (χ0) is 37.3. The molecule has 9 aromatic carbocycles. The highest BCUT2D eigenvalue weighted by atomic mass is 16.5. The van der Waals surface area contributed by atoms with E-state index in [2.05, 4.69) is 229 Å². The van der Waals surface area contributed by atoms with Crippen molar-refractivity contribution in [3.63, 3.8) is 0 Å². The van der Waals surface area contributed by atoms with Crippen LogP contribution >= 0.6 is 0 Å². The minimum atomic E-state index is 0.804. The molecule has 0 amide bonds. The molecule has 0 unspecified atom stereocenters. The molecule has 0 spiro atoms. The van der Waals surface area contributed by atoms with Crippen molar-refractivity contribution in [2.45, 2.75) is 0 Å². The van der Waals surface area contributed by atoms with Crippen molar-refractivity contribution in [2.24, 2.45) is 0 Å². The molecule has 0 N–H and O–H groups in total. The lowest BCUT2D eigenvalue weighted by Gasteiger charge is -2.29. The quantitative estimate of drug-likeness (QED) is 0.163. The van der Waals surface area contributed by atoms with Gasteiger partial charge in [0, 0.05) is 28.1 Å². The number of hydrogen-bond acceptors (Lipinski definition) is 2. The summed E-state index contributed by atoms with van der Waals surface area (Å²) < 4.78 is 7.36. The normalized spacial score (nSPS) is 11.4. The van der Waals surface area contributed by atoms with Gasteiger partial charge in [-0.25, -0.2) is 0 Å². The molecule has 0 atom stereocenters. The smallest absolute Gasteiger partial charge is 0.159 e. The number of para-hydroxylation sites is 1. The first kappa shape index (κ1) is 33.2. The number of fused-ring (bicyclic) bond motifs is 5. The van der Waals surface area contributed by atoms with Gasteiger partial charge < -0.3 is 9.64 Å². The van der Waals surface area contributed by atoms with Gasteiger partial charge in [0.2, 0.25) is 0 Å². The van der Waals surface area contributed by atoms with E-state index in [1.54, 1.807) is 0 Å². The first-order valence-electron chi connectivity index (χ1n) is 19.1. The van der Waals surface area contributed by atoms with E-state index in [-0.39, 0.29) is 0 Å². The van der Waals surface area contributed by atoms with E-state index in [1.807, 2.05) is 0 Å². The first-order chi connectivity index (χ1) is 27.8. The van der Waals surface area contributed by atoms with Crippen molar-refractivity contribution < 1.29 is 4.74 Å². The van der Waals surface area contributed by atoms with E-state index in [4.69, 9.17) is 4.74 Å². The fourth-order valence-corrected chi connectivity index (χ4v) is 8.09. The highest BCUT2D eigenvalue weighted by molar-refractivity contribution is 6.04. The third kappa shape index (κ3) is 6.04. The molecule has 2 heteroatoms. The molecule has 0 saturated heterocycles. The second-order valence-corrected chi connectivity index (χ2v) is 14.1. The summed E-state index contributed by atoms with van der Waals surface area (Å²) in [5.41, 5.74) is 16.7. The molecular weight excluding hydrogens is 679 g/mol. The number of hydrogen-bond donors (Lipinski definition) is 0. The van der Waals surface area contributed by atoms with Crippen molar-refractivity contribution in [1.29, 1.82) is 0 Å². The molecule has 0 bridgehead atoms. The maximum absolute atomic E-state index is 7.36. The maximum Gasteiger partial charge on any atom is 0.159 e. The fraction of sp³-hybridized carbons (Fsp3) is 0. The maximum atomic E-state index is 7.36. The van der Waals surface area contributed by atoms with Crippen LogP contribution in [0.15, 0.2) is 224 Å². The van der Waals surface area contributed by atoms with Crippen LogP contribution in [0.4, 0.5) is 17.1 Å². The Balaban J connectivity index is 1.24. The van der Waals surface area contributed by atoms with Gasteiger partial charge in [0.05, 0.1) is 5.69 Å². The Bertz CT molecular complexity index is 2800. The summed E-state index contributed by atoms with van der Waals surface area (Å²) in [4.78, 5) is 2.34. The van der Waals surface area contributed by atoms with Gasteiger partial charge in [0.25, 0.3) is 0 Å². The van der Waals surface area contributed by atoms with Crippen molar-refractivity contribution >= 4 is 17.1 Å². The van der Waals surface area contributed by atoms with Crippen molar-refractivity contribution in [3.8, 4) is 78.3 Å². The highest BCUT2D eigenvalue weighted by Gasteiger charge is 2.30. The van der Waals surface area contributed by atoms with E-state index in [0.717, 1.165) is 78.6 Å². The first-order valence-corrected chi connectivity index (χ1v) is 19.1. The van der Waals surface area contributed by atoms with Crippen LogP contribution in [-0.2, 0) is 0 Å². The van der Waals surface area contributed by atoms with Crippen LogP contribution in [0.1, 0.15) is 0 Å². The Morgan fingerprint density at radius 3 is 1.39 bits per heavy atom. The second kappa shape index (κ2) is 14.4. The van der Waals surface area contributed by atoms with E-state index >= 15 is 0 Å². The summed E-state index contributed by atoms with van der Waals surface area (Å²) >= 11 is 0.